The Morgan fingerprint density at radius 3 is 2.38 bits per heavy atom. The maximum Gasteiger partial charge on any atom is 0.0388 e. The molecule has 0 atom stereocenters. The number of rotatable bonds is 0. The number of hydrogen-bond acceptors (Lipinski definition) is 2. The predicted octanol–water partition coefficient (Wildman–Crippen LogP) is 0.0773. The molecule has 0 radical (unpaired) electrons. The summed E-state index contributed by atoms with van der Waals surface area (Å²) in [6, 6.07) is 2.96. The first-order valence-electron chi connectivity index (χ1n) is 4.22. The quantitative estimate of drug-likeness (QED) is 0.480. The van der Waals surface area contributed by atoms with Crippen molar-refractivity contribution in [3.05, 3.63) is 0 Å². The van der Waals surface area contributed by atoms with E-state index in [1.165, 1.54) is 0 Å². The maximum atomic E-state index is 4.95. The van der Waals surface area contributed by atoms with E-state index in [0.29, 0.717) is 0 Å². The van der Waals surface area contributed by atoms with Gasteiger partial charge in [0.2, 0.25) is 0 Å². The van der Waals surface area contributed by atoms with Crippen LogP contribution in [0, 0.1) is 36.1 Å². The van der Waals surface area contributed by atoms with Crippen molar-refractivity contribution >= 4 is 0 Å². The van der Waals surface area contributed by atoms with E-state index >= 15 is 0 Å². The minimum absolute atomic E-state index is 0. The Balaban J connectivity index is 0.00000169. The van der Waals surface area contributed by atoms with Crippen molar-refractivity contribution in [3.63, 3.8) is 0 Å². The topological polar surface area (TPSA) is 6.48 Å². The van der Waals surface area contributed by atoms with Gasteiger partial charge >= 0.3 is 0 Å². The van der Waals surface area contributed by atoms with Gasteiger partial charge in [0, 0.05) is 45.5 Å². The van der Waals surface area contributed by atoms with E-state index < -0.39 is 0 Å². The predicted molar refractivity (Wildman–Crippen MR) is 55.6 cm³/mol. The summed E-state index contributed by atoms with van der Waals surface area (Å²) < 4.78 is 0. The van der Waals surface area contributed by atoms with E-state index in [0.717, 1.165) is 26.2 Å². The Labute approximate surface area is 81.4 Å². The van der Waals surface area contributed by atoms with E-state index in [-0.39, 0.29) is 1.43 Å². The van der Waals surface area contributed by atoms with Gasteiger partial charge in [-0.1, -0.05) is 0 Å². The molecule has 0 aromatic rings. The summed E-state index contributed by atoms with van der Waals surface area (Å²) in [5.41, 5.74) is 0. The van der Waals surface area contributed by atoms with E-state index in [9.17, 15) is 0 Å². The van der Waals surface area contributed by atoms with Crippen LogP contribution in [-0.4, -0.2) is 43.0 Å². The normalized spacial score (nSPS) is 16.2. The minimum atomic E-state index is 0. The standard InChI is InChI=1S/C11H12N2.H2/c1-3-4-5-6-7-13-10-8-12(2)9-11-13;/h1H,8-11H2,2H3;1H. The van der Waals surface area contributed by atoms with Crippen molar-refractivity contribution in [2.24, 2.45) is 0 Å². The molecule has 0 aromatic carbocycles. The average Bonchev–Trinajstić information content (AvgIpc) is 2.15. The fourth-order valence-electron chi connectivity index (χ4n) is 1.09. The van der Waals surface area contributed by atoms with Gasteiger partial charge in [0.1, 0.15) is 0 Å². The van der Waals surface area contributed by atoms with Crippen LogP contribution < -0.4 is 0 Å². The molecule has 1 rings (SSSR count). The Bertz CT molecular complexity index is 313. The highest BCUT2D eigenvalue weighted by Gasteiger charge is 2.09. The molecule has 1 aliphatic rings. The van der Waals surface area contributed by atoms with E-state index in [2.05, 4.69) is 46.6 Å². The van der Waals surface area contributed by atoms with Crippen LogP contribution in [0.25, 0.3) is 0 Å². The van der Waals surface area contributed by atoms with Gasteiger partial charge in [0.05, 0.1) is 0 Å². The third kappa shape index (κ3) is 3.57. The smallest absolute Gasteiger partial charge is 0.0388 e. The van der Waals surface area contributed by atoms with Crippen LogP contribution in [0.15, 0.2) is 0 Å². The molecule has 68 valence electrons. The third-order valence-corrected chi connectivity index (χ3v) is 1.91. The summed E-state index contributed by atoms with van der Waals surface area (Å²) in [6.45, 7) is 4.11. The van der Waals surface area contributed by atoms with Crippen LogP contribution in [0.4, 0.5) is 0 Å². The Kier molecular flexibility index (Phi) is 3.77. The van der Waals surface area contributed by atoms with Crippen molar-refractivity contribution in [2.75, 3.05) is 33.2 Å². The molecule has 0 spiro atoms. The number of nitrogens with zero attached hydrogens (tertiary/aromatic N) is 2. The molecule has 0 bridgehead atoms. The second-order valence-electron chi connectivity index (χ2n) is 2.92. The molecule has 1 fully saturated rings. The molecule has 0 amide bonds. The summed E-state index contributed by atoms with van der Waals surface area (Å²) in [5, 5.41) is 0. The van der Waals surface area contributed by atoms with Gasteiger partial charge in [0.15, 0.2) is 0 Å². The summed E-state index contributed by atoms with van der Waals surface area (Å²) in [7, 11) is 2.11. The van der Waals surface area contributed by atoms with Gasteiger partial charge in [-0.25, -0.2) is 0 Å². The van der Waals surface area contributed by atoms with Gasteiger partial charge in [-0.15, -0.1) is 6.42 Å². The molecule has 2 nitrogen and oxygen atoms in total. The summed E-state index contributed by atoms with van der Waals surface area (Å²) >= 11 is 0. The molecule has 2 heteroatoms. The largest absolute Gasteiger partial charge is 0.329 e. The lowest BCUT2D eigenvalue weighted by molar-refractivity contribution is 0.207. The summed E-state index contributed by atoms with van der Waals surface area (Å²) in [5.74, 6) is 10.0. The molecule has 0 N–H and O–H groups in total. The molecule has 1 aliphatic heterocycles. The number of piperazine rings is 1. The van der Waals surface area contributed by atoms with Gasteiger partial charge in [-0.2, -0.15) is 0 Å². The number of terminal acetylenes is 1. The van der Waals surface area contributed by atoms with E-state index in [4.69, 9.17) is 6.42 Å². The van der Waals surface area contributed by atoms with Crippen LogP contribution >= 0.6 is 0 Å². The highest BCUT2D eigenvalue weighted by molar-refractivity contribution is 5.33. The van der Waals surface area contributed by atoms with E-state index in [1.807, 2.05) is 0 Å². The highest BCUT2D eigenvalue weighted by atomic mass is 15.2. The maximum absolute atomic E-state index is 4.95. The Morgan fingerprint density at radius 2 is 1.77 bits per heavy atom. The first kappa shape index (κ1) is 9.53. The first-order chi connectivity index (χ1) is 6.33. The van der Waals surface area contributed by atoms with Crippen molar-refractivity contribution in [2.45, 2.75) is 0 Å². The van der Waals surface area contributed by atoms with Gasteiger partial charge in [-0.3, -0.25) is 0 Å². The minimum Gasteiger partial charge on any atom is -0.329 e. The lowest BCUT2D eigenvalue weighted by Gasteiger charge is -2.29. The Morgan fingerprint density at radius 1 is 1.08 bits per heavy atom. The van der Waals surface area contributed by atoms with Crippen LogP contribution in [0.3, 0.4) is 0 Å². The SMILES string of the molecule is C#CC#CC#CN1CCN(C)CC1.[HH]. The molecule has 13 heavy (non-hydrogen) atoms. The molecule has 1 heterocycles. The molecule has 1 saturated heterocycles. The zero-order chi connectivity index (χ0) is 9.52. The summed E-state index contributed by atoms with van der Waals surface area (Å²) in [4.78, 5) is 4.36. The number of likely N-dealkylation sites (N-methyl/N-ethyl adjacent to an activating group) is 1. The lowest BCUT2D eigenvalue weighted by Crippen LogP contribution is -2.42. The second-order valence-corrected chi connectivity index (χ2v) is 2.92. The lowest BCUT2D eigenvalue weighted by atomic mass is 10.3. The average molecular weight is 174 g/mol. The van der Waals surface area contributed by atoms with Crippen LogP contribution in [0.5, 0.6) is 0 Å². The summed E-state index contributed by atoms with van der Waals surface area (Å²) in [6.07, 6.45) is 4.95. The van der Waals surface area contributed by atoms with Crippen LogP contribution in [0.1, 0.15) is 1.43 Å². The zero-order valence-corrected chi connectivity index (χ0v) is 7.80. The van der Waals surface area contributed by atoms with Crippen molar-refractivity contribution in [1.82, 2.24) is 9.80 Å². The van der Waals surface area contributed by atoms with Crippen molar-refractivity contribution in [1.29, 1.82) is 0 Å². The fourth-order valence-corrected chi connectivity index (χ4v) is 1.09. The fraction of sp³-hybridized carbons (Fsp3) is 0.455. The van der Waals surface area contributed by atoms with Gasteiger partial charge < -0.3 is 9.80 Å². The molecule has 0 saturated carbocycles. The van der Waals surface area contributed by atoms with Gasteiger partial charge in [-0.05, 0) is 18.9 Å². The number of hydrogen-bond donors (Lipinski definition) is 0. The van der Waals surface area contributed by atoms with Crippen molar-refractivity contribution < 1.29 is 1.43 Å². The molecular formula is C11H14N2. The molecular weight excluding hydrogens is 160 g/mol. The van der Waals surface area contributed by atoms with Crippen LogP contribution in [0.2, 0.25) is 0 Å². The van der Waals surface area contributed by atoms with Gasteiger partial charge in [0.25, 0.3) is 0 Å². The highest BCUT2D eigenvalue weighted by Crippen LogP contribution is 1.95. The Hall–Kier alpha value is -1.56. The molecule has 0 unspecified atom stereocenters. The third-order valence-electron chi connectivity index (χ3n) is 1.91. The monoisotopic (exact) mass is 174 g/mol. The van der Waals surface area contributed by atoms with Crippen LogP contribution in [-0.2, 0) is 0 Å². The first-order valence-corrected chi connectivity index (χ1v) is 4.22. The second kappa shape index (κ2) is 5.15. The zero-order valence-electron chi connectivity index (χ0n) is 7.80. The van der Waals surface area contributed by atoms with Crippen molar-refractivity contribution in [3.8, 4) is 36.1 Å². The van der Waals surface area contributed by atoms with E-state index in [1.54, 1.807) is 0 Å². The molecule has 0 aliphatic carbocycles. The molecule has 0 aromatic heterocycles.